The fraction of sp³-hybridized carbons (Fsp3) is 0.300. The molecular formula is C10H14N2O2. The summed E-state index contributed by atoms with van der Waals surface area (Å²) in [7, 11) is 1.55. The van der Waals surface area contributed by atoms with Crippen molar-refractivity contribution in [2.45, 2.75) is 6.92 Å². The summed E-state index contributed by atoms with van der Waals surface area (Å²) in [6.07, 6.45) is 0. The van der Waals surface area contributed by atoms with Gasteiger partial charge in [-0.25, -0.2) is 0 Å². The average molecular weight is 194 g/mol. The molecule has 4 heteroatoms. The van der Waals surface area contributed by atoms with E-state index < -0.39 is 5.91 Å². The standard InChI is InChI=1S/C10H14N2O2/c1-3-12-9-5-4-7(14-2)6-8(9)10(11)13/h4-6,12H,3H2,1-2H3,(H2,11,13). The molecule has 1 aromatic rings. The number of methoxy groups -OCH3 is 1. The van der Waals surface area contributed by atoms with Crippen molar-refractivity contribution in [2.75, 3.05) is 19.0 Å². The van der Waals surface area contributed by atoms with E-state index in [1.54, 1.807) is 25.3 Å². The van der Waals surface area contributed by atoms with Crippen LogP contribution < -0.4 is 15.8 Å². The van der Waals surface area contributed by atoms with Gasteiger partial charge in [-0.15, -0.1) is 0 Å². The van der Waals surface area contributed by atoms with E-state index in [1.165, 1.54) is 0 Å². The van der Waals surface area contributed by atoms with Gasteiger partial charge in [0.25, 0.3) is 5.91 Å². The molecule has 0 aliphatic heterocycles. The lowest BCUT2D eigenvalue weighted by molar-refractivity contribution is 0.100. The monoisotopic (exact) mass is 194 g/mol. The number of hydrogen-bond acceptors (Lipinski definition) is 3. The molecule has 0 bridgehead atoms. The van der Waals surface area contributed by atoms with Crippen molar-refractivity contribution >= 4 is 11.6 Å². The van der Waals surface area contributed by atoms with Crippen LogP contribution in [0.4, 0.5) is 5.69 Å². The molecule has 0 heterocycles. The van der Waals surface area contributed by atoms with Crippen LogP contribution in [-0.2, 0) is 0 Å². The minimum atomic E-state index is -0.458. The van der Waals surface area contributed by atoms with Gasteiger partial charge in [0.05, 0.1) is 12.7 Å². The van der Waals surface area contributed by atoms with Crippen molar-refractivity contribution in [3.05, 3.63) is 23.8 Å². The first-order valence-corrected chi connectivity index (χ1v) is 4.40. The second-order valence-electron chi connectivity index (χ2n) is 2.81. The molecule has 14 heavy (non-hydrogen) atoms. The molecule has 1 amide bonds. The highest BCUT2D eigenvalue weighted by molar-refractivity contribution is 5.98. The summed E-state index contributed by atoms with van der Waals surface area (Å²) in [5, 5.41) is 3.05. The Hall–Kier alpha value is -1.71. The predicted octanol–water partition coefficient (Wildman–Crippen LogP) is 1.23. The number of anilines is 1. The van der Waals surface area contributed by atoms with E-state index in [0.717, 1.165) is 12.2 Å². The average Bonchev–Trinajstić information content (AvgIpc) is 2.18. The number of primary amides is 1. The lowest BCUT2D eigenvalue weighted by atomic mass is 10.1. The Kier molecular flexibility index (Phi) is 3.34. The summed E-state index contributed by atoms with van der Waals surface area (Å²) in [5.74, 6) is 0.167. The molecule has 0 atom stereocenters. The molecule has 1 rings (SSSR count). The number of carbonyl (C=O) groups excluding carboxylic acids is 1. The molecule has 0 saturated heterocycles. The van der Waals surface area contributed by atoms with Gasteiger partial charge in [-0.05, 0) is 25.1 Å². The van der Waals surface area contributed by atoms with E-state index in [2.05, 4.69) is 5.32 Å². The summed E-state index contributed by atoms with van der Waals surface area (Å²) < 4.78 is 5.00. The second-order valence-corrected chi connectivity index (χ2v) is 2.81. The van der Waals surface area contributed by atoms with Gasteiger partial charge in [-0.2, -0.15) is 0 Å². The normalized spacial score (nSPS) is 9.57. The van der Waals surface area contributed by atoms with Crippen molar-refractivity contribution < 1.29 is 9.53 Å². The molecule has 0 aliphatic rings. The van der Waals surface area contributed by atoms with Crippen molar-refractivity contribution in [2.24, 2.45) is 5.73 Å². The van der Waals surface area contributed by atoms with Crippen LogP contribution in [0.1, 0.15) is 17.3 Å². The number of nitrogens with two attached hydrogens (primary N) is 1. The van der Waals surface area contributed by atoms with E-state index in [-0.39, 0.29) is 0 Å². The predicted molar refractivity (Wildman–Crippen MR) is 55.7 cm³/mol. The van der Waals surface area contributed by atoms with Gasteiger partial charge in [0, 0.05) is 12.2 Å². The van der Waals surface area contributed by atoms with Crippen LogP contribution in [0.25, 0.3) is 0 Å². The fourth-order valence-electron chi connectivity index (χ4n) is 1.20. The minimum absolute atomic E-state index is 0.450. The zero-order valence-electron chi connectivity index (χ0n) is 8.33. The summed E-state index contributed by atoms with van der Waals surface area (Å²) in [4.78, 5) is 11.1. The molecule has 76 valence electrons. The lowest BCUT2D eigenvalue weighted by Gasteiger charge is -2.09. The van der Waals surface area contributed by atoms with E-state index >= 15 is 0 Å². The molecule has 0 unspecified atom stereocenters. The van der Waals surface area contributed by atoms with Crippen LogP contribution in [0.5, 0.6) is 5.75 Å². The number of ether oxygens (including phenoxy) is 1. The second kappa shape index (κ2) is 4.50. The third-order valence-corrected chi connectivity index (χ3v) is 1.86. The molecule has 0 radical (unpaired) electrons. The van der Waals surface area contributed by atoms with E-state index in [9.17, 15) is 4.79 Å². The highest BCUT2D eigenvalue weighted by atomic mass is 16.5. The van der Waals surface area contributed by atoms with E-state index in [1.807, 2.05) is 6.92 Å². The Bertz CT molecular complexity index is 337. The zero-order chi connectivity index (χ0) is 10.6. The minimum Gasteiger partial charge on any atom is -0.497 e. The molecule has 0 aliphatic carbocycles. The third-order valence-electron chi connectivity index (χ3n) is 1.86. The highest BCUT2D eigenvalue weighted by Gasteiger charge is 2.08. The Morgan fingerprint density at radius 2 is 2.29 bits per heavy atom. The van der Waals surface area contributed by atoms with Crippen molar-refractivity contribution in [3.63, 3.8) is 0 Å². The molecule has 0 saturated carbocycles. The van der Waals surface area contributed by atoms with Crippen LogP contribution in [0.15, 0.2) is 18.2 Å². The smallest absolute Gasteiger partial charge is 0.250 e. The first-order chi connectivity index (χ1) is 6.69. The fourth-order valence-corrected chi connectivity index (χ4v) is 1.20. The number of nitrogens with one attached hydrogen (secondary N) is 1. The molecule has 1 aromatic carbocycles. The summed E-state index contributed by atoms with van der Waals surface area (Å²) in [5.41, 5.74) is 6.42. The number of carbonyl (C=O) groups is 1. The van der Waals surface area contributed by atoms with Gasteiger partial charge in [0.2, 0.25) is 0 Å². The largest absolute Gasteiger partial charge is 0.497 e. The maximum absolute atomic E-state index is 11.1. The van der Waals surface area contributed by atoms with E-state index in [4.69, 9.17) is 10.5 Å². The Morgan fingerprint density at radius 1 is 1.57 bits per heavy atom. The molecule has 0 aromatic heterocycles. The van der Waals surface area contributed by atoms with Crippen LogP contribution in [0.3, 0.4) is 0 Å². The quantitative estimate of drug-likeness (QED) is 0.757. The molecule has 3 N–H and O–H groups in total. The number of benzene rings is 1. The van der Waals surface area contributed by atoms with Crippen LogP contribution in [0.2, 0.25) is 0 Å². The molecular weight excluding hydrogens is 180 g/mol. The Labute approximate surface area is 83.1 Å². The van der Waals surface area contributed by atoms with Crippen molar-refractivity contribution in [3.8, 4) is 5.75 Å². The van der Waals surface area contributed by atoms with Gasteiger partial charge in [-0.1, -0.05) is 0 Å². The van der Waals surface area contributed by atoms with Crippen LogP contribution in [0, 0.1) is 0 Å². The van der Waals surface area contributed by atoms with Crippen molar-refractivity contribution in [1.29, 1.82) is 0 Å². The molecule has 4 nitrogen and oxygen atoms in total. The molecule has 0 fully saturated rings. The van der Waals surface area contributed by atoms with Gasteiger partial charge >= 0.3 is 0 Å². The van der Waals surface area contributed by atoms with Gasteiger partial charge in [0.15, 0.2) is 0 Å². The van der Waals surface area contributed by atoms with Crippen molar-refractivity contribution in [1.82, 2.24) is 0 Å². The molecule has 0 spiro atoms. The number of rotatable bonds is 4. The van der Waals surface area contributed by atoms with Crippen LogP contribution >= 0.6 is 0 Å². The maximum atomic E-state index is 11.1. The highest BCUT2D eigenvalue weighted by Crippen LogP contribution is 2.21. The van der Waals surface area contributed by atoms with Gasteiger partial charge < -0.3 is 15.8 Å². The van der Waals surface area contributed by atoms with Gasteiger partial charge in [-0.3, -0.25) is 4.79 Å². The topological polar surface area (TPSA) is 64.3 Å². The number of amides is 1. The van der Waals surface area contributed by atoms with E-state index in [0.29, 0.717) is 11.3 Å². The zero-order valence-corrected chi connectivity index (χ0v) is 8.33. The van der Waals surface area contributed by atoms with Gasteiger partial charge in [0.1, 0.15) is 5.75 Å². The SMILES string of the molecule is CCNc1ccc(OC)cc1C(N)=O. The first-order valence-electron chi connectivity index (χ1n) is 4.40. The number of hydrogen-bond donors (Lipinski definition) is 2. The third kappa shape index (κ3) is 2.16. The maximum Gasteiger partial charge on any atom is 0.250 e. The lowest BCUT2D eigenvalue weighted by Crippen LogP contribution is -2.14. The first kappa shape index (κ1) is 10.4. The summed E-state index contributed by atoms with van der Waals surface area (Å²) in [6, 6.07) is 5.19. The summed E-state index contributed by atoms with van der Waals surface area (Å²) >= 11 is 0. The summed E-state index contributed by atoms with van der Waals surface area (Å²) in [6.45, 7) is 2.70. The van der Waals surface area contributed by atoms with Crippen LogP contribution in [-0.4, -0.2) is 19.6 Å². The Balaban J connectivity index is 3.10. The Morgan fingerprint density at radius 3 is 2.79 bits per heavy atom.